The number of aliphatic hydroxyl groups excluding tert-OH is 1. The molecule has 2 aromatic rings. The lowest BCUT2D eigenvalue weighted by atomic mass is 9.89. The molecule has 0 amide bonds. The fourth-order valence-corrected chi connectivity index (χ4v) is 3.50. The topological polar surface area (TPSA) is 42.4 Å². The first-order valence-corrected chi connectivity index (χ1v) is 8.00. The quantitative estimate of drug-likeness (QED) is 0.902. The fraction of sp³-hybridized carbons (Fsp3) is 0.471. The Morgan fingerprint density at radius 2 is 1.90 bits per heavy atom. The highest BCUT2D eigenvalue weighted by Crippen LogP contribution is 2.37. The largest absolute Gasteiger partial charge is 0.388 e. The molecular weight excluding hydrogens is 282 g/mol. The number of aromatic nitrogens is 1. The van der Waals surface area contributed by atoms with E-state index >= 15 is 0 Å². The zero-order chi connectivity index (χ0) is 15.5. The average Bonchev–Trinajstić information content (AvgIpc) is 2.87. The van der Waals surface area contributed by atoms with Gasteiger partial charge in [-0.15, -0.1) is 11.3 Å². The summed E-state index contributed by atoms with van der Waals surface area (Å²) >= 11 is 1.60. The van der Waals surface area contributed by atoms with Crippen LogP contribution in [0, 0.1) is 5.41 Å². The van der Waals surface area contributed by atoms with E-state index in [0.717, 1.165) is 16.3 Å². The second-order valence-corrected chi connectivity index (χ2v) is 7.18. The van der Waals surface area contributed by atoms with E-state index in [4.69, 9.17) is 4.74 Å². The van der Waals surface area contributed by atoms with Crippen LogP contribution in [-0.4, -0.2) is 17.2 Å². The summed E-state index contributed by atoms with van der Waals surface area (Å²) in [6.45, 7) is 6.42. The number of rotatable bonds is 5. The van der Waals surface area contributed by atoms with E-state index in [9.17, 15) is 5.11 Å². The van der Waals surface area contributed by atoms with E-state index in [1.807, 2.05) is 35.7 Å². The molecule has 114 valence electrons. The molecule has 3 nitrogen and oxygen atoms in total. The highest BCUT2D eigenvalue weighted by molar-refractivity contribution is 7.09. The summed E-state index contributed by atoms with van der Waals surface area (Å²) in [6.07, 6.45) is -0.0110. The van der Waals surface area contributed by atoms with Gasteiger partial charge in [-0.3, -0.25) is 0 Å². The van der Waals surface area contributed by atoms with Gasteiger partial charge in [-0.1, -0.05) is 51.1 Å². The summed E-state index contributed by atoms with van der Waals surface area (Å²) < 4.78 is 5.59. The van der Waals surface area contributed by atoms with Crippen LogP contribution in [0.15, 0.2) is 35.7 Å². The van der Waals surface area contributed by atoms with Crippen LogP contribution >= 0.6 is 11.3 Å². The molecule has 1 aromatic carbocycles. The Morgan fingerprint density at radius 3 is 2.48 bits per heavy atom. The van der Waals surface area contributed by atoms with Crippen LogP contribution in [0.25, 0.3) is 0 Å². The minimum Gasteiger partial charge on any atom is -0.388 e. The fourth-order valence-electron chi connectivity index (χ4n) is 2.35. The van der Waals surface area contributed by atoms with Gasteiger partial charge in [0.25, 0.3) is 0 Å². The van der Waals surface area contributed by atoms with Crippen molar-refractivity contribution in [3.05, 3.63) is 52.0 Å². The predicted octanol–water partition coefficient (Wildman–Crippen LogP) is 4.15. The first-order valence-electron chi connectivity index (χ1n) is 7.12. The number of aliphatic hydroxyl groups is 1. The molecule has 2 unspecified atom stereocenters. The Bertz CT molecular complexity index is 560. The number of methoxy groups -OCH3 is 1. The van der Waals surface area contributed by atoms with Gasteiger partial charge in [0, 0.05) is 18.9 Å². The van der Waals surface area contributed by atoms with Crippen molar-refractivity contribution in [1.82, 2.24) is 4.98 Å². The second kappa shape index (κ2) is 6.69. The van der Waals surface area contributed by atoms with Crippen LogP contribution in [-0.2, 0) is 11.2 Å². The smallest absolute Gasteiger partial charge is 0.122 e. The summed E-state index contributed by atoms with van der Waals surface area (Å²) in [4.78, 5) is 4.65. The van der Waals surface area contributed by atoms with Gasteiger partial charge in [0.1, 0.15) is 11.1 Å². The Hall–Kier alpha value is -1.23. The summed E-state index contributed by atoms with van der Waals surface area (Å²) in [6, 6.07) is 9.69. The molecule has 0 saturated heterocycles. The van der Waals surface area contributed by atoms with Crippen molar-refractivity contribution in [3.8, 4) is 0 Å². The van der Waals surface area contributed by atoms with Gasteiger partial charge in [0.15, 0.2) is 0 Å². The van der Waals surface area contributed by atoms with Crippen molar-refractivity contribution in [3.63, 3.8) is 0 Å². The van der Waals surface area contributed by atoms with Crippen molar-refractivity contribution in [2.45, 2.75) is 39.4 Å². The second-order valence-electron chi connectivity index (χ2n) is 6.29. The van der Waals surface area contributed by atoms with Crippen molar-refractivity contribution in [2.75, 3.05) is 7.11 Å². The summed E-state index contributed by atoms with van der Waals surface area (Å²) in [5.41, 5.74) is 1.84. The highest BCUT2D eigenvalue weighted by Gasteiger charge is 2.28. The van der Waals surface area contributed by atoms with Gasteiger partial charge in [0.05, 0.1) is 11.8 Å². The third-order valence-corrected chi connectivity index (χ3v) is 4.34. The summed E-state index contributed by atoms with van der Waals surface area (Å²) in [7, 11) is 1.72. The maximum Gasteiger partial charge on any atom is 0.122 e. The van der Waals surface area contributed by atoms with Gasteiger partial charge in [-0.2, -0.15) is 0 Å². The average molecular weight is 305 g/mol. The molecule has 4 heteroatoms. The number of ether oxygens (including phenoxy) is 1. The maximum atomic E-state index is 10.3. The lowest BCUT2D eigenvalue weighted by molar-refractivity contribution is 0.0149. The normalized spacial score (nSPS) is 14.9. The lowest BCUT2D eigenvalue weighted by Gasteiger charge is -2.27. The minimum absolute atomic E-state index is 0.00190. The van der Waals surface area contributed by atoms with Gasteiger partial charge in [-0.25, -0.2) is 4.98 Å². The Balaban J connectivity index is 2.10. The lowest BCUT2D eigenvalue weighted by Crippen LogP contribution is -2.20. The standard InChI is InChI=1S/C17H23NO2S/c1-17(2,3)15(20-4)16-18-13(11-21-16)10-14(19)12-8-6-5-7-9-12/h5-9,11,14-15,19H,10H2,1-4H3. The van der Waals surface area contributed by atoms with E-state index in [1.54, 1.807) is 18.4 Å². The molecule has 0 radical (unpaired) electrons. The zero-order valence-electron chi connectivity index (χ0n) is 13.0. The molecule has 0 spiro atoms. The van der Waals surface area contributed by atoms with Crippen LogP contribution in [0.1, 0.15) is 49.2 Å². The van der Waals surface area contributed by atoms with Crippen LogP contribution in [0.5, 0.6) is 0 Å². The number of thiazole rings is 1. The molecule has 0 saturated carbocycles. The van der Waals surface area contributed by atoms with Crippen molar-refractivity contribution in [1.29, 1.82) is 0 Å². The molecule has 0 fully saturated rings. The van der Waals surface area contributed by atoms with Crippen LogP contribution in [0.4, 0.5) is 0 Å². The number of hydrogen-bond donors (Lipinski definition) is 1. The molecular formula is C17H23NO2S. The number of benzene rings is 1. The highest BCUT2D eigenvalue weighted by atomic mass is 32.1. The Kier molecular flexibility index (Phi) is 5.14. The van der Waals surface area contributed by atoms with Crippen molar-refractivity contribution < 1.29 is 9.84 Å². The van der Waals surface area contributed by atoms with Gasteiger partial charge < -0.3 is 9.84 Å². The van der Waals surface area contributed by atoms with E-state index in [1.165, 1.54) is 0 Å². The molecule has 0 aliphatic carbocycles. The minimum atomic E-state index is -0.517. The van der Waals surface area contributed by atoms with E-state index in [-0.39, 0.29) is 11.5 Å². The van der Waals surface area contributed by atoms with Crippen LogP contribution in [0.2, 0.25) is 0 Å². The van der Waals surface area contributed by atoms with Gasteiger partial charge >= 0.3 is 0 Å². The molecule has 0 bridgehead atoms. The van der Waals surface area contributed by atoms with E-state index < -0.39 is 6.10 Å². The van der Waals surface area contributed by atoms with Crippen molar-refractivity contribution in [2.24, 2.45) is 5.41 Å². The van der Waals surface area contributed by atoms with Crippen LogP contribution < -0.4 is 0 Å². The summed E-state index contributed by atoms with van der Waals surface area (Å²) in [5, 5.41) is 13.3. The van der Waals surface area contributed by atoms with Crippen LogP contribution in [0.3, 0.4) is 0 Å². The molecule has 0 aliphatic rings. The SMILES string of the molecule is COC(c1nc(CC(O)c2ccccc2)cs1)C(C)(C)C. The predicted molar refractivity (Wildman–Crippen MR) is 86.4 cm³/mol. The molecule has 2 rings (SSSR count). The molecule has 1 aromatic heterocycles. The molecule has 21 heavy (non-hydrogen) atoms. The van der Waals surface area contributed by atoms with Crippen molar-refractivity contribution >= 4 is 11.3 Å². The van der Waals surface area contributed by atoms with Gasteiger partial charge in [-0.05, 0) is 11.0 Å². The first kappa shape index (κ1) is 16.1. The molecule has 2 atom stereocenters. The molecule has 0 aliphatic heterocycles. The molecule has 1 N–H and O–H groups in total. The number of nitrogens with zero attached hydrogens (tertiary/aromatic N) is 1. The summed E-state index contributed by atoms with van der Waals surface area (Å²) in [5.74, 6) is 0. The maximum absolute atomic E-state index is 10.3. The number of hydrogen-bond acceptors (Lipinski definition) is 4. The Labute approximate surface area is 130 Å². The Morgan fingerprint density at radius 1 is 1.24 bits per heavy atom. The monoisotopic (exact) mass is 305 g/mol. The van der Waals surface area contributed by atoms with E-state index in [2.05, 4.69) is 25.8 Å². The van der Waals surface area contributed by atoms with E-state index in [0.29, 0.717) is 6.42 Å². The zero-order valence-corrected chi connectivity index (χ0v) is 13.9. The first-order chi connectivity index (χ1) is 9.91. The third kappa shape index (κ3) is 4.13. The molecule has 1 heterocycles. The third-order valence-electron chi connectivity index (χ3n) is 3.40. The van der Waals surface area contributed by atoms with Gasteiger partial charge in [0.2, 0.25) is 0 Å².